The summed E-state index contributed by atoms with van der Waals surface area (Å²) in [4.78, 5) is 27.2. The van der Waals surface area contributed by atoms with E-state index in [-0.39, 0.29) is 11.8 Å². The summed E-state index contributed by atoms with van der Waals surface area (Å²) >= 11 is 0. The zero-order valence-corrected chi connectivity index (χ0v) is 16.1. The van der Waals surface area contributed by atoms with Crippen molar-refractivity contribution in [2.24, 2.45) is 5.92 Å². The summed E-state index contributed by atoms with van der Waals surface area (Å²) in [5.74, 6) is -0.744. The van der Waals surface area contributed by atoms with Crippen LogP contribution in [-0.2, 0) is 22.5 Å². The first-order valence-corrected chi connectivity index (χ1v) is 9.30. The number of amides is 1. The molecule has 0 aliphatic carbocycles. The van der Waals surface area contributed by atoms with Crippen molar-refractivity contribution in [1.29, 1.82) is 0 Å². The van der Waals surface area contributed by atoms with Crippen molar-refractivity contribution in [3.8, 4) is 0 Å². The Morgan fingerprint density at radius 2 is 1.70 bits per heavy atom. The Balaban J connectivity index is 1.84. The van der Waals surface area contributed by atoms with E-state index in [1.807, 2.05) is 38.1 Å². The normalized spacial score (nSPS) is 14.4. The SMILES string of the molecule is COC(=O)[C@@H](NC(=O)c1ccccc1N1CCc2ccccc2C1)C(C)C. The molecule has 27 heavy (non-hydrogen) atoms. The third kappa shape index (κ3) is 4.13. The van der Waals surface area contributed by atoms with Crippen LogP contribution in [0.5, 0.6) is 0 Å². The van der Waals surface area contributed by atoms with Gasteiger partial charge in [-0.1, -0.05) is 50.2 Å². The summed E-state index contributed by atoms with van der Waals surface area (Å²) in [7, 11) is 1.34. The van der Waals surface area contributed by atoms with Crippen molar-refractivity contribution in [2.75, 3.05) is 18.6 Å². The van der Waals surface area contributed by atoms with Gasteiger partial charge in [-0.3, -0.25) is 4.79 Å². The first-order chi connectivity index (χ1) is 13.0. The van der Waals surface area contributed by atoms with Crippen LogP contribution in [0.25, 0.3) is 0 Å². The highest BCUT2D eigenvalue weighted by molar-refractivity contribution is 6.01. The van der Waals surface area contributed by atoms with Crippen LogP contribution in [0.2, 0.25) is 0 Å². The Labute approximate surface area is 160 Å². The fourth-order valence-corrected chi connectivity index (χ4v) is 3.49. The number of hydrogen-bond acceptors (Lipinski definition) is 4. The Hall–Kier alpha value is -2.82. The minimum absolute atomic E-state index is 0.0598. The van der Waals surface area contributed by atoms with Gasteiger partial charge in [-0.2, -0.15) is 0 Å². The van der Waals surface area contributed by atoms with Crippen LogP contribution in [0.4, 0.5) is 5.69 Å². The van der Waals surface area contributed by atoms with Crippen molar-refractivity contribution in [2.45, 2.75) is 32.9 Å². The minimum Gasteiger partial charge on any atom is -0.467 e. The first-order valence-electron chi connectivity index (χ1n) is 9.30. The van der Waals surface area contributed by atoms with Crippen molar-refractivity contribution >= 4 is 17.6 Å². The van der Waals surface area contributed by atoms with Crippen LogP contribution < -0.4 is 10.2 Å². The highest BCUT2D eigenvalue weighted by atomic mass is 16.5. The Morgan fingerprint density at radius 3 is 2.41 bits per heavy atom. The fraction of sp³-hybridized carbons (Fsp3) is 0.364. The summed E-state index contributed by atoms with van der Waals surface area (Å²) < 4.78 is 4.83. The molecule has 142 valence electrons. The van der Waals surface area contributed by atoms with Gasteiger partial charge in [0.15, 0.2) is 0 Å². The Morgan fingerprint density at radius 1 is 1.04 bits per heavy atom. The van der Waals surface area contributed by atoms with Gasteiger partial charge >= 0.3 is 5.97 Å². The quantitative estimate of drug-likeness (QED) is 0.826. The third-order valence-corrected chi connectivity index (χ3v) is 5.03. The maximum Gasteiger partial charge on any atom is 0.328 e. The lowest BCUT2D eigenvalue weighted by atomic mass is 9.98. The topological polar surface area (TPSA) is 58.6 Å². The molecule has 3 rings (SSSR count). The van der Waals surface area contributed by atoms with Gasteiger partial charge in [-0.25, -0.2) is 4.79 Å². The van der Waals surface area contributed by atoms with Crippen molar-refractivity contribution in [3.05, 3.63) is 65.2 Å². The largest absolute Gasteiger partial charge is 0.467 e. The first kappa shape index (κ1) is 19.0. The maximum absolute atomic E-state index is 12.9. The molecule has 0 spiro atoms. The van der Waals surface area contributed by atoms with E-state index >= 15 is 0 Å². The van der Waals surface area contributed by atoms with Gasteiger partial charge in [0, 0.05) is 18.8 Å². The molecule has 5 heteroatoms. The van der Waals surface area contributed by atoms with Crippen LogP contribution >= 0.6 is 0 Å². The molecule has 0 bridgehead atoms. The number of nitrogens with zero attached hydrogens (tertiary/aromatic N) is 1. The number of benzene rings is 2. The number of fused-ring (bicyclic) bond motifs is 1. The van der Waals surface area contributed by atoms with Crippen LogP contribution in [0.1, 0.15) is 35.3 Å². The molecule has 1 heterocycles. The van der Waals surface area contributed by atoms with Crippen LogP contribution in [-0.4, -0.2) is 31.6 Å². The smallest absolute Gasteiger partial charge is 0.328 e. The van der Waals surface area contributed by atoms with E-state index in [4.69, 9.17) is 4.74 Å². The molecule has 1 aliphatic rings. The number of carbonyl (C=O) groups is 2. The number of para-hydroxylation sites is 1. The number of ether oxygens (including phenoxy) is 1. The van der Waals surface area contributed by atoms with Crippen LogP contribution in [0, 0.1) is 5.92 Å². The van der Waals surface area contributed by atoms with E-state index in [1.165, 1.54) is 18.2 Å². The van der Waals surface area contributed by atoms with E-state index in [0.29, 0.717) is 5.56 Å². The Bertz CT molecular complexity index is 832. The van der Waals surface area contributed by atoms with Gasteiger partial charge in [0.05, 0.1) is 12.7 Å². The van der Waals surface area contributed by atoms with E-state index in [0.717, 1.165) is 25.2 Å². The summed E-state index contributed by atoms with van der Waals surface area (Å²) in [6, 6.07) is 15.3. The van der Waals surface area contributed by atoms with E-state index in [1.54, 1.807) is 6.07 Å². The summed E-state index contributed by atoms with van der Waals surface area (Å²) in [5.41, 5.74) is 4.11. The van der Waals surface area contributed by atoms with E-state index in [2.05, 4.69) is 28.4 Å². The molecule has 0 fully saturated rings. The second-order valence-corrected chi connectivity index (χ2v) is 7.18. The molecule has 0 saturated carbocycles. The van der Waals surface area contributed by atoms with Gasteiger partial charge in [0.1, 0.15) is 6.04 Å². The molecule has 1 amide bonds. The summed E-state index contributed by atoms with van der Waals surface area (Å²) in [6.07, 6.45) is 0.947. The number of methoxy groups -OCH3 is 1. The van der Waals surface area contributed by atoms with E-state index < -0.39 is 12.0 Å². The van der Waals surface area contributed by atoms with Gasteiger partial charge in [-0.15, -0.1) is 0 Å². The van der Waals surface area contributed by atoms with Crippen molar-refractivity contribution in [3.63, 3.8) is 0 Å². The standard InChI is InChI=1S/C22H26N2O3/c1-15(2)20(22(26)27-3)23-21(25)18-10-6-7-11-19(18)24-13-12-16-8-4-5-9-17(16)14-24/h4-11,15,20H,12-14H2,1-3H3,(H,23,25)/t20-/m0/s1. The lowest BCUT2D eigenvalue weighted by Crippen LogP contribution is -2.45. The third-order valence-electron chi connectivity index (χ3n) is 5.03. The van der Waals surface area contributed by atoms with Crippen LogP contribution in [0.15, 0.2) is 48.5 Å². The van der Waals surface area contributed by atoms with E-state index in [9.17, 15) is 9.59 Å². The second kappa shape index (κ2) is 8.25. The van der Waals surface area contributed by atoms with Gasteiger partial charge in [-0.05, 0) is 35.6 Å². The van der Waals surface area contributed by atoms with Gasteiger partial charge in [0.25, 0.3) is 5.91 Å². The number of rotatable bonds is 5. The molecule has 1 aliphatic heterocycles. The number of esters is 1. The predicted molar refractivity (Wildman–Crippen MR) is 106 cm³/mol. The minimum atomic E-state index is -0.669. The highest BCUT2D eigenvalue weighted by Crippen LogP contribution is 2.27. The number of anilines is 1. The van der Waals surface area contributed by atoms with Crippen molar-refractivity contribution < 1.29 is 14.3 Å². The molecular weight excluding hydrogens is 340 g/mol. The Kier molecular flexibility index (Phi) is 5.79. The average Bonchev–Trinajstić information content (AvgIpc) is 2.70. The lowest BCUT2D eigenvalue weighted by molar-refractivity contribution is -0.144. The molecule has 0 saturated heterocycles. The predicted octanol–water partition coefficient (Wildman–Crippen LogP) is 3.18. The zero-order valence-electron chi connectivity index (χ0n) is 16.1. The molecule has 2 aromatic carbocycles. The maximum atomic E-state index is 12.9. The highest BCUT2D eigenvalue weighted by Gasteiger charge is 2.27. The fourth-order valence-electron chi connectivity index (χ4n) is 3.49. The second-order valence-electron chi connectivity index (χ2n) is 7.18. The summed E-state index contributed by atoms with van der Waals surface area (Å²) in [6.45, 7) is 5.39. The van der Waals surface area contributed by atoms with Gasteiger partial charge < -0.3 is 15.0 Å². The van der Waals surface area contributed by atoms with Crippen molar-refractivity contribution in [1.82, 2.24) is 5.32 Å². The van der Waals surface area contributed by atoms with Crippen LogP contribution in [0.3, 0.4) is 0 Å². The molecule has 0 aromatic heterocycles. The number of carbonyl (C=O) groups excluding carboxylic acids is 2. The zero-order chi connectivity index (χ0) is 19.4. The molecule has 2 aromatic rings. The molecule has 0 radical (unpaired) electrons. The molecule has 5 nitrogen and oxygen atoms in total. The van der Waals surface area contributed by atoms with Gasteiger partial charge in [0.2, 0.25) is 0 Å². The summed E-state index contributed by atoms with van der Waals surface area (Å²) in [5, 5.41) is 2.84. The molecule has 0 unspecified atom stereocenters. The monoisotopic (exact) mass is 366 g/mol. The lowest BCUT2D eigenvalue weighted by Gasteiger charge is -2.32. The molecule has 1 atom stereocenters. The molecular formula is C22H26N2O3. The number of hydrogen-bond donors (Lipinski definition) is 1. The molecule has 1 N–H and O–H groups in total. The average molecular weight is 366 g/mol. The number of nitrogens with one attached hydrogen (secondary N) is 1.